The van der Waals surface area contributed by atoms with Crippen LogP contribution < -0.4 is 10.6 Å². The Kier molecular flexibility index (Phi) is 6.09. The molecule has 0 atom stereocenters. The minimum absolute atomic E-state index is 0.829. The lowest BCUT2D eigenvalue weighted by molar-refractivity contribution is 0.848. The van der Waals surface area contributed by atoms with Gasteiger partial charge in [0.05, 0.1) is 0 Å². The second kappa shape index (κ2) is 8.05. The Morgan fingerprint density at radius 3 is 1.91 bits per heavy atom. The Bertz CT molecular complexity index is 625. The SMILES string of the molecule is CCc1c(Cc2ccc(N)cc2)ccc(N(CC)CC)c1CC. The topological polar surface area (TPSA) is 29.3 Å². The van der Waals surface area contributed by atoms with Crippen LogP contribution in [0.1, 0.15) is 49.9 Å². The quantitative estimate of drug-likeness (QED) is 0.742. The van der Waals surface area contributed by atoms with Gasteiger partial charge in [-0.25, -0.2) is 0 Å². The van der Waals surface area contributed by atoms with Gasteiger partial charge in [0.15, 0.2) is 0 Å². The molecule has 0 fully saturated rings. The fourth-order valence-corrected chi connectivity index (χ4v) is 3.45. The number of hydrogen-bond acceptors (Lipinski definition) is 2. The van der Waals surface area contributed by atoms with Crippen molar-refractivity contribution < 1.29 is 0 Å². The molecule has 0 aliphatic carbocycles. The Labute approximate surface area is 141 Å². The van der Waals surface area contributed by atoms with E-state index in [1.807, 2.05) is 12.1 Å². The summed E-state index contributed by atoms with van der Waals surface area (Å²) >= 11 is 0. The molecular weight excluding hydrogens is 280 g/mol. The van der Waals surface area contributed by atoms with Gasteiger partial charge in [0, 0.05) is 24.5 Å². The van der Waals surface area contributed by atoms with Gasteiger partial charge in [0.2, 0.25) is 0 Å². The van der Waals surface area contributed by atoms with Crippen molar-refractivity contribution in [3.63, 3.8) is 0 Å². The number of hydrogen-bond donors (Lipinski definition) is 1. The van der Waals surface area contributed by atoms with Gasteiger partial charge in [-0.15, -0.1) is 0 Å². The molecule has 0 aliphatic rings. The van der Waals surface area contributed by atoms with Crippen LogP contribution in [0.25, 0.3) is 0 Å². The van der Waals surface area contributed by atoms with Crippen molar-refractivity contribution in [1.29, 1.82) is 0 Å². The summed E-state index contributed by atoms with van der Waals surface area (Å²) in [5.74, 6) is 0. The van der Waals surface area contributed by atoms with E-state index in [1.54, 1.807) is 0 Å². The van der Waals surface area contributed by atoms with E-state index in [-0.39, 0.29) is 0 Å². The molecule has 0 saturated carbocycles. The van der Waals surface area contributed by atoms with E-state index in [9.17, 15) is 0 Å². The zero-order chi connectivity index (χ0) is 16.8. The molecule has 0 spiro atoms. The summed E-state index contributed by atoms with van der Waals surface area (Å²) in [5, 5.41) is 0. The molecule has 0 radical (unpaired) electrons. The van der Waals surface area contributed by atoms with Gasteiger partial charge in [-0.3, -0.25) is 0 Å². The van der Waals surface area contributed by atoms with Gasteiger partial charge >= 0.3 is 0 Å². The van der Waals surface area contributed by atoms with Crippen molar-refractivity contribution >= 4 is 11.4 Å². The zero-order valence-corrected chi connectivity index (χ0v) is 15.0. The predicted octanol–water partition coefficient (Wildman–Crippen LogP) is 4.83. The van der Waals surface area contributed by atoms with Gasteiger partial charge in [-0.1, -0.05) is 32.0 Å². The molecule has 0 aliphatic heterocycles. The number of anilines is 2. The van der Waals surface area contributed by atoms with Gasteiger partial charge < -0.3 is 10.6 Å². The van der Waals surface area contributed by atoms with Crippen molar-refractivity contribution in [2.75, 3.05) is 23.7 Å². The third-order valence-corrected chi connectivity index (χ3v) is 4.69. The van der Waals surface area contributed by atoms with E-state index in [2.05, 4.69) is 56.9 Å². The molecule has 23 heavy (non-hydrogen) atoms. The van der Waals surface area contributed by atoms with Crippen molar-refractivity contribution in [1.82, 2.24) is 0 Å². The van der Waals surface area contributed by atoms with Crippen LogP contribution in [0.3, 0.4) is 0 Å². The lowest BCUT2D eigenvalue weighted by Crippen LogP contribution is -2.24. The molecule has 0 bridgehead atoms. The van der Waals surface area contributed by atoms with Crippen LogP contribution in [0.5, 0.6) is 0 Å². The van der Waals surface area contributed by atoms with E-state index in [4.69, 9.17) is 5.73 Å². The summed E-state index contributed by atoms with van der Waals surface area (Å²) in [5.41, 5.74) is 13.9. The van der Waals surface area contributed by atoms with Crippen LogP contribution in [0, 0.1) is 0 Å². The maximum Gasteiger partial charge on any atom is 0.0401 e. The van der Waals surface area contributed by atoms with Crippen LogP contribution in [0.15, 0.2) is 36.4 Å². The summed E-state index contributed by atoms with van der Waals surface area (Å²) in [6.07, 6.45) is 3.15. The van der Waals surface area contributed by atoms with Crippen LogP contribution in [-0.4, -0.2) is 13.1 Å². The highest BCUT2D eigenvalue weighted by Crippen LogP contribution is 2.29. The first kappa shape index (κ1) is 17.4. The normalized spacial score (nSPS) is 10.8. The summed E-state index contributed by atoms with van der Waals surface area (Å²) in [4.78, 5) is 2.46. The van der Waals surface area contributed by atoms with Crippen molar-refractivity contribution in [2.24, 2.45) is 0 Å². The number of nitrogens with two attached hydrogens (primary N) is 1. The molecule has 0 unspecified atom stereocenters. The predicted molar refractivity (Wildman–Crippen MR) is 102 cm³/mol. The number of benzene rings is 2. The standard InChI is InChI=1S/C21H30N2/c1-5-19-17(15-16-9-12-18(22)13-10-16)11-14-21(20(19)6-2)23(7-3)8-4/h9-14H,5-8,15,22H2,1-4H3. The highest BCUT2D eigenvalue weighted by atomic mass is 15.1. The highest BCUT2D eigenvalue weighted by Gasteiger charge is 2.14. The Hall–Kier alpha value is -1.96. The second-order valence-corrected chi connectivity index (χ2v) is 6.00. The second-order valence-electron chi connectivity index (χ2n) is 6.00. The van der Waals surface area contributed by atoms with Crippen LogP contribution in [-0.2, 0) is 19.3 Å². The summed E-state index contributed by atoms with van der Waals surface area (Å²) in [7, 11) is 0. The van der Waals surface area contributed by atoms with Crippen LogP contribution in [0.4, 0.5) is 11.4 Å². The largest absolute Gasteiger partial charge is 0.399 e. The Morgan fingerprint density at radius 1 is 0.783 bits per heavy atom. The third-order valence-electron chi connectivity index (χ3n) is 4.69. The molecule has 0 amide bonds. The van der Waals surface area contributed by atoms with Crippen molar-refractivity contribution in [3.8, 4) is 0 Å². The van der Waals surface area contributed by atoms with Crippen molar-refractivity contribution in [3.05, 3.63) is 58.7 Å². The van der Waals surface area contributed by atoms with Gasteiger partial charge in [0.1, 0.15) is 0 Å². The van der Waals surface area contributed by atoms with E-state index in [1.165, 1.54) is 27.9 Å². The Morgan fingerprint density at radius 2 is 1.39 bits per heavy atom. The first-order valence-corrected chi connectivity index (χ1v) is 8.87. The van der Waals surface area contributed by atoms with Gasteiger partial charge in [-0.2, -0.15) is 0 Å². The van der Waals surface area contributed by atoms with Gasteiger partial charge in [0.25, 0.3) is 0 Å². The lowest BCUT2D eigenvalue weighted by Gasteiger charge is -2.27. The number of nitrogens with zero attached hydrogens (tertiary/aromatic N) is 1. The fraction of sp³-hybridized carbons (Fsp3) is 0.429. The Balaban J connectivity index is 2.42. The van der Waals surface area contributed by atoms with E-state index < -0.39 is 0 Å². The number of rotatable bonds is 7. The molecule has 0 aromatic heterocycles. The lowest BCUT2D eigenvalue weighted by atomic mass is 9.91. The van der Waals surface area contributed by atoms with Crippen LogP contribution >= 0.6 is 0 Å². The minimum Gasteiger partial charge on any atom is -0.399 e. The fourth-order valence-electron chi connectivity index (χ4n) is 3.45. The minimum atomic E-state index is 0.829. The number of nitrogen functional groups attached to an aromatic ring is 1. The van der Waals surface area contributed by atoms with E-state index >= 15 is 0 Å². The molecule has 2 heteroatoms. The molecule has 124 valence electrons. The molecule has 2 aromatic rings. The summed E-state index contributed by atoms with van der Waals surface area (Å²) < 4.78 is 0. The smallest absolute Gasteiger partial charge is 0.0401 e. The highest BCUT2D eigenvalue weighted by molar-refractivity contribution is 5.60. The first-order chi connectivity index (χ1) is 11.1. The molecular formula is C21H30N2. The molecule has 0 heterocycles. The molecule has 2 nitrogen and oxygen atoms in total. The molecule has 0 saturated heterocycles. The summed E-state index contributed by atoms with van der Waals surface area (Å²) in [6, 6.07) is 12.9. The maximum atomic E-state index is 5.80. The molecule has 2 aromatic carbocycles. The molecule has 2 N–H and O–H groups in total. The first-order valence-electron chi connectivity index (χ1n) is 8.87. The zero-order valence-electron chi connectivity index (χ0n) is 15.0. The molecule has 2 rings (SSSR count). The maximum absolute atomic E-state index is 5.80. The summed E-state index contributed by atoms with van der Waals surface area (Å²) in [6.45, 7) is 11.1. The van der Waals surface area contributed by atoms with Crippen LogP contribution in [0.2, 0.25) is 0 Å². The van der Waals surface area contributed by atoms with E-state index in [0.29, 0.717) is 0 Å². The van der Waals surface area contributed by atoms with E-state index in [0.717, 1.165) is 38.0 Å². The average molecular weight is 310 g/mol. The monoisotopic (exact) mass is 310 g/mol. The van der Waals surface area contributed by atoms with Gasteiger partial charge in [-0.05, 0) is 73.6 Å². The third kappa shape index (κ3) is 3.87. The average Bonchev–Trinajstić information content (AvgIpc) is 2.58. The van der Waals surface area contributed by atoms with Crippen molar-refractivity contribution in [2.45, 2.75) is 47.0 Å².